The highest BCUT2D eigenvalue weighted by Crippen LogP contribution is 2.34. The molecule has 1 aliphatic heterocycles. The van der Waals surface area contributed by atoms with E-state index in [0.29, 0.717) is 0 Å². The number of hydrogen-bond donors (Lipinski definition) is 0. The van der Waals surface area contributed by atoms with Gasteiger partial charge in [-0.25, -0.2) is 0 Å². The Morgan fingerprint density at radius 2 is 1.75 bits per heavy atom. The average Bonchev–Trinajstić information content (AvgIpc) is 2.83. The molecular formula is C15H27N. The van der Waals surface area contributed by atoms with Gasteiger partial charge in [-0.1, -0.05) is 39.2 Å². The molecule has 0 radical (unpaired) electrons. The van der Waals surface area contributed by atoms with Gasteiger partial charge in [-0.2, -0.15) is 0 Å². The lowest BCUT2D eigenvalue weighted by atomic mass is 9.91. The molecule has 1 aliphatic carbocycles. The Labute approximate surface area is 101 Å². The summed E-state index contributed by atoms with van der Waals surface area (Å²) in [6.07, 6.45) is 11.2. The van der Waals surface area contributed by atoms with Crippen LogP contribution in [0.15, 0.2) is 12.3 Å². The Kier molecular flexibility index (Phi) is 4.31. The summed E-state index contributed by atoms with van der Waals surface area (Å²) < 4.78 is 0. The van der Waals surface area contributed by atoms with Gasteiger partial charge in [-0.05, 0) is 37.5 Å². The molecular weight excluding hydrogens is 194 g/mol. The number of rotatable bonds is 4. The van der Waals surface area contributed by atoms with Crippen LogP contribution >= 0.6 is 0 Å². The Balaban J connectivity index is 1.77. The maximum Gasteiger partial charge on any atom is 0.0177 e. The van der Waals surface area contributed by atoms with Crippen molar-refractivity contribution in [2.75, 3.05) is 13.1 Å². The summed E-state index contributed by atoms with van der Waals surface area (Å²) in [6.45, 7) is 9.22. The van der Waals surface area contributed by atoms with Crippen molar-refractivity contribution in [2.24, 2.45) is 11.8 Å². The number of piperidine rings is 1. The highest BCUT2D eigenvalue weighted by atomic mass is 15.1. The van der Waals surface area contributed by atoms with Crippen LogP contribution in [0.25, 0.3) is 0 Å². The van der Waals surface area contributed by atoms with E-state index in [0.717, 1.165) is 11.8 Å². The highest BCUT2D eigenvalue weighted by molar-refractivity contribution is 5.03. The van der Waals surface area contributed by atoms with Crippen LogP contribution in [-0.4, -0.2) is 18.0 Å². The minimum atomic E-state index is 0.822. The Bertz CT molecular complexity index is 220. The molecule has 0 aromatic heterocycles. The fraction of sp³-hybridized carbons (Fsp3) is 0.867. The standard InChI is InChI=1S/C15H27N/c1-3-6-14-9-11-16(12-10-14)13(2)15-7-4-5-8-15/h14-15H,2-12H2,1H3. The van der Waals surface area contributed by atoms with Crippen molar-refractivity contribution < 1.29 is 0 Å². The number of allylic oxidation sites excluding steroid dienone is 1. The van der Waals surface area contributed by atoms with Gasteiger partial charge < -0.3 is 4.90 Å². The minimum absolute atomic E-state index is 0.822. The summed E-state index contributed by atoms with van der Waals surface area (Å²) in [6, 6.07) is 0. The van der Waals surface area contributed by atoms with Crippen LogP contribution in [-0.2, 0) is 0 Å². The van der Waals surface area contributed by atoms with E-state index in [9.17, 15) is 0 Å². The number of hydrogen-bond acceptors (Lipinski definition) is 1. The maximum absolute atomic E-state index is 4.36. The predicted octanol–water partition coefficient (Wildman–Crippen LogP) is 4.20. The molecule has 92 valence electrons. The van der Waals surface area contributed by atoms with Gasteiger partial charge >= 0.3 is 0 Å². The summed E-state index contributed by atoms with van der Waals surface area (Å²) in [7, 11) is 0. The summed E-state index contributed by atoms with van der Waals surface area (Å²) >= 11 is 0. The van der Waals surface area contributed by atoms with Gasteiger partial charge in [0.1, 0.15) is 0 Å². The normalized spacial score (nSPS) is 23.9. The lowest BCUT2D eigenvalue weighted by Gasteiger charge is -2.36. The summed E-state index contributed by atoms with van der Waals surface area (Å²) in [4.78, 5) is 2.59. The Morgan fingerprint density at radius 3 is 2.31 bits per heavy atom. The van der Waals surface area contributed by atoms with E-state index in [1.807, 2.05) is 0 Å². The van der Waals surface area contributed by atoms with Gasteiger partial charge in [-0.3, -0.25) is 0 Å². The molecule has 0 spiro atoms. The first-order valence-electron chi connectivity index (χ1n) is 7.25. The molecule has 1 saturated heterocycles. The highest BCUT2D eigenvalue weighted by Gasteiger charge is 2.25. The molecule has 0 amide bonds. The van der Waals surface area contributed by atoms with Crippen LogP contribution in [0.2, 0.25) is 0 Å². The summed E-state index contributed by atoms with van der Waals surface area (Å²) in [5, 5.41) is 0. The van der Waals surface area contributed by atoms with Crippen LogP contribution in [0.1, 0.15) is 58.3 Å². The van der Waals surface area contributed by atoms with Crippen molar-refractivity contribution in [3.63, 3.8) is 0 Å². The van der Waals surface area contributed by atoms with E-state index >= 15 is 0 Å². The van der Waals surface area contributed by atoms with Crippen molar-refractivity contribution in [2.45, 2.75) is 58.3 Å². The average molecular weight is 221 g/mol. The molecule has 0 N–H and O–H groups in total. The Hall–Kier alpha value is -0.460. The molecule has 1 heterocycles. The topological polar surface area (TPSA) is 3.24 Å². The van der Waals surface area contributed by atoms with Crippen molar-refractivity contribution >= 4 is 0 Å². The van der Waals surface area contributed by atoms with E-state index < -0.39 is 0 Å². The molecule has 0 aromatic carbocycles. The molecule has 0 unspecified atom stereocenters. The summed E-state index contributed by atoms with van der Waals surface area (Å²) in [5.41, 5.74) is 1.47. The van der Waals surface area contributed by atoms with Crippen LogP contribution < -0.4 is 0 Å². The number of likely N-dealkylation sites (tertiary alicyclic amines) is 1. The van der Waals surface area contributed by atoms with Crippen LogP contribution in [0.5, 0.6) is 0 Å². The van der Waals surface area contributed by atoms with Crippen LogP contribution in [0, 0.1) is 11.8 Å². The van der Waals surface area contributed by atoms with E-state index in [1.165, 1.54) is 70.2 Å². The van der Waals surface area contributed by atoms with E-state index in [2.05, 4.69) is 18.4 Å². The summed E-state index contributed by atoms with van der Waals surface area (Å²) in [5.74, 6) is 1.82. The predicted molar refractivity (Wildman–Crippen MR) is 70.3 cm³/mol. The fourth-order valence-corrected chi connectivity index (χ4v) is 3.43. The molecule has 0 atom stereocenters. The third kappa shape index (κ3) is 2.81. The van der Waals surface area contributed by atoms with Crippen molar-refractivity contribution in [1.29, 1.82) is 0 Å². The molecule has 1 heteroatoms. The van der Waals surface area contributed by atoms with Gasteiger partial charge in [0.2, 0.25) is 0 Å². The zero-order chi connectivity index (χ0) is 11.4. The first-order valence-corrected chi connectivity index (χ1v) is 7.25. The molecule has 1 saturated carbocycles. The quantitative estimate of drug-likeness (QED) is 0.687. The maximum atomic E-state index is 4.36. The molecule has 2 fully saturated rings. The van der Waals surface area contributed by atoms with Gasteiger partial charge in [0.05, 0.1) is 0 Å². The second kappa shape index (κ2) is 5.75. The molecule has 2 aliphatic rings. The van der Waals surface area contributed by atoms with Gasteiger partial charge in [0.15, 0.2) is 0 Å². The third-order valence-electron chi connectivity index (χ3n) is 4.54. The Morgan fingerprint density at radius 1 is 1.12 bits per heavy atom. The van der Waals surface area contributed by atoms with Gasteiger partial charge in [0.25, 0.3) is 0 Å². The van der Waals surface area contributed by atoms with E-state index in [1.54, 1.807) is 0 Å². The first kappa shape index (κ1) is 12.0. The largest absolute Gasteiger partial charge is 0.375 e. The lowest BCUT2D eigenvalue weighted by Crippen LogP contribution is -2.34. The second-order valence-electron chi connectivity index (χ2n) is 5.69. The molecule has 0 bridgehead atoms. The number of nitrogens with zero attached hydrogens (tertiary/aromatic N) is 1. The minimum Gasteiger partial charge on any atom is -0.375 e. The van der Waals surface area contributed by atoms with Gasteiger partial charge in [-0.15, -0.1) is 0 Å². The first-order chi connectivity index (χ1) is 7.81. The van der Waals surface area contributed by atoms with Crippen LogP contribution in [0.3, 0.4) is 0 Å². The lowest BCUT2D eigenvalue weighted by molar-refractivity contribution is 0.201. The van der Waals surface area contributed by atoms with Crippen LogP contribution in [0.4, 0.5) is 0 Å². The fourth-order valence-electron chi connectivity index (χ4n) is 3.43. The SMILES string of the molecule is C=C(C1CCCC1)N1CCC(CCC)CC1. The van der Waals surface area contributed by atoms with Crippen molar-refractivity contribution in [3.05, 3.63) is 12.3 Å². The molecule has 2 rings (SSSR count). The van der Waals surface area contributed by atoms with Gasteiger partial charge in [0, 0.05) is 18.8 Å². The molecule has 16 heavy (non-hydrogen) atoms. The van der Waals surface area contributed by atoms with E-state index in [-0.39, 0.29) is 0 Å². The smallest absolute Gasteiger partial charge is 0.0177 e. The molecule has 1 nitrogen and oxygen atoms in total. The van der Waals surface area contributed by atoms with Crippen molar-refractivity contribution in [3.8, 4) is 0 Å². The second-order valence-corrected chi connectivity index (χ2v) is 5.69. The zero-order valence-electron chi connectivity index (χ0n) is 10.9. The zero-order valence-corrected chi connectivity index (χ0v) is 10.9. The third-order valence-corrected chi connectivity index (χ3v) is 4.54. The van der Waals surface area contributed by atoms with E-state index in [4.69, 9.17) is 0 Å². The van der Waals surface area contributed by atoms with Crippen molar-refractivity contribution in [1.82, 2.24) is 4.90 Å². The monoisotopic (exact) mass is 221 g/mol. The molecule has 0 aromatic rings.